The molecule has 19 heavy (non-hydrogen) atoms. The van der Waals surface area contributed by atoms with Gasteiger partial charge in [-0.2, -0.15) is 0 Å². The van der Waals surface area contributed by atoms with Crippen LogP contribution in [0.5, 0.6) is 0 Å². The van der Waals surface area contributed by atoms with Gasteiger partial charge in [0.1, 0.15) is 0 Å². The van der Waals surface area contributed by atoms with Gasteiger partial charge in [0.05, 0.1) is 0 Å². The lowest BCUT2D eigenvalue weighted by Gasteiger charge is -2.24. The molecule has 2 N–H and O–H groups in total. The lowest BCUT2D eigenvalue weighted by atomic mass is 9.91. The van der Waals surface area contributed by atoms with Crippen LogP contribution in [0.2, 0.25) is 0 Å². The van der Waals surface area contributed by atoms with Crippen LogP contribution in [-0.4, -0.2) is 6.54 Å². The molecular weight excluding hydrogens is 250 g/mol. The predicted molar refractivity (Wildman–Crippen MR) is 82.4 cm³/mol. The first-order valence-electron chi connectivity index (χ1n) is 6.64. The van der Waals surface area contributed by atoms with Crippen LogP contribution >= 0.6 is 11.8 Å². The molecule has 0 aliphatic carbocycles. The number of benzene rings is 2. The maximum absolute atomic E-state index is 5.96. The van der Waals surface area contributed by atoms with Gasteiger partial charge in [-0.1, -0.05) is 55.1 Å². The minimum absolute atomic E-state index is 0.624. The lowest BCUT2D eigenvalue weighted by molar-refractivity contribution is 1.01. The van der Waals surface area contributed by atoms with Gasteiger partial charge >= 0.3 is 0 Å². The van der Waals surface area contributed by atoms with Crippen molar-refractivity contribution in [3.05, 3.63) is 65.2 Å². The van der Waals surface area contributed by atoms with Crippen molar-refractivity contribution in [2.45, 2.75) is 23.1 Å². The van der Waals surface area contributed by atoms with E-state index in [2.05, 4.69) is 55.5 Å². The molecule has 0 amide bonds. The van der Waals surface area contributed by atoms with E-state index in [1.54, 1.807) is 0 Å². The zero-order valence-electron chi connectivity index (χ0n) is 11.0. The largest absolute Gasteiger partial charge is 0.327 e. The fourth-order valence-corrected chi connectivity index (χ4v) is 3.68. The van der Waals surface area contributed by atoms with E-state index in [1.165, 1.54) is 32.1 Å². The average Bonchev–Trinajstić information content (AvgIpc) is 2.47. The minimum Gasteiger partial charge on any atom is -0.327 e. The van der Waals surface area contributed by atoms with Gasteiger partial charge in [0.15, 0.2) is 0 Å². The molecule has 1 aliphatic rings. The first-order valence-corrected chi connectivity index (χ1v) is 7.45. The quantitative estimate of drug-likeness (QED) is 0.748. The van der Waals surface area contributed by atoms with Gasteiger partial charge in [0.25, 0.3) is 0 Å². The summed E-state index contributed by atoms with van der Waals surface area (Å²) in [5, 5.41) is 0. The molecule has 2 aromatic carbocycles. The Morgan fingerprint density at radius 2 is 1.47 bits per heavy atom. The van der Waals surface area contributed by atoms with Crippen molar-refractivity contribution in [3.63, 3.8) is 0 Å². The fraction of sp³-hybridized carbons (Fsp3) is 0.176. The van der Waals surface area contributed by atoms with Gasteiger partial charge in [-0.05, 0) is 40.8 Å². The molecule has 0 unspecified atom stereocenters. The van der Waals surface area contributed by atoms with Crippen LogP contribution < -0.4 is 5.73 Å². The molecule has 2 aromatic rings. The fourth-order valence-electron chi connectivity index (χ4n) is 2.59. The molecule has 1 heterocycles. The van der Waals surface area contributed by atoms with Crippen molar-refractivity contribution < 1.29 is 0 Å². The number of nitrogens with two attached hydrogens (primary N) is 1. The second-order valence-corrected chi connectivity index (χ2v) is 5.71. The van der Waals surface area contributed by atoms with Crippen LogP contribution in [-0.2, 0) is 0 Å². The monoisotopic (exact) mass is 267 g/mol. The zero-order chi connectivity index (χ0) is 13.2. The molecule has 0 bridgehead atoms. The predicted octanol–water partition coefficient (Wildman–Crippen LogP) is 4.32. The number of rotatable bonds is 2. The topological polar surface area (TPSA) is 26.0 Å². The molecular formula is C17H17NS. The first-order chi connectivity index (χ1) is 9.35. The summed E-state index contributed by atoms with van der Waals surface area (Å²) in [5.74, 6) is 0. The summed E-state index contributed by atoms with van der Waals surface area (Å²) in [6.45, 7) is 2.81. The summed E-state index contributed by atoms with van der Waals surface area (Å²) in [4.78, 5) is 2.66. The average molecular weight is 267 g/mol. The van der Waals surface area contributed by atoms with Crippen LogP contribution in [0.3, 0.4) is 0 Å². The van der Waals surface area contributed by atoms with Gasteiger partial charge in [-0.3, -0.25) is 0 Å². The molecule has 1 aliphatic heterocycles. The van der Waals surface area contributed by atoms with E-state index < -0.39 is 0 Å². The molecule has 1 nitrogen and oxygen atoms in total. The number of hydrogen-bond donors (Lipinski definition) is 1. The molecule has 0 fully saturated rings. The molecule has 3 rings (SSSR count). The summed E-state index contributed by atoms with van der Waals surface area (Å²) in [6, 6.07) is 17.2. The van der Waals surface area contributed by atoms with Crippen LogP contribution in [0.15, 0.2) is 63.9 Å². The molecule has 0 spiro atoms. The van der Waals surface area contributed by atoms with E-state index in [0.29, 0.717) is 6.54 Å². The van der Waals surface area contributed by atoms with E-state index >= 15 is 0 Å². The first kappa shape index (κ1) is 12.5. The van der Waals surface area contributed by atoms with E-state index in [9.17, 15) is 0 Å². The normalized spacial score (nSPS) is 12.8. The maximum atomic E-state index is 5.96. The van der Waals surface area contributed by atoms with Crippen LogP contribution in [0.1, 0.15) is 24.5 Å². The number of hydrogen-bond acceptors (Lipinski definition) is 2. The van der Waals surface area contributed by atoms with Crippen LogP contribution in [0.4, 0.5) is 0 Å². The summed E-state index contributed by atoms with van der Waals surface area (Å²) in [5.41, 5.74) is 11.3. The van der Waals surface area contributed by atoms with Gasteiger partial charge < -0.3 is 5.73 Å². The highest BCUT2D eigenvalue weighted by Gasteiger charge is 2.21. The Bertz CT molecular complexity index is 590. The molecule has 0 radical (unpaired) electrons. The van der Waals surface area contributed by atoms with Gasteiger partial charge in [0, 0.05) is 16.3 Å². The van der Waals surface area contributed by atoms with E-state index in [0.717, 1.165) is 6.42 Å². The molecule has 96 valence electrons. The molecule has 0 aromatic heterocycles. The standard InChI is InChI=1S/C17H17NS/c1-2-12(11-18)17-13-7-3-5-9-15(13)19-16-10-6-4-8-14(16)17/h3-10H,2,11,18H2,1H3. The second-order valence-electron chi connectivity index (χ2n) is 4.63. The lowest BCUT2D eigenvalue weighted by Crippen LogP contribution is -2.09. The Labute approximate surface area is 118 Å². The van der Waals surface area contributed by atoms with Crippen LogP contribution in [0, 0.1) is 0 Å². The highest BCUT2D eigenvalue weighted by molar-refractivity contribution is 7.99. The van der Waals surface area contributed by atoms with Gasteiger partial charge in [-0.15, -0.1) is 0 Å². The smallest absolute Gasteiger partial charge is 0.0201 e. The zero-order valence-corrected chi connectivity index (χ0v) is 11.8. The molecule has 0 saturated heterocycles. The Kier molecular flexibility index (Phi) is 3.45. The Balaban J connectivity index is 2.31. The Hall–Kier alpha value is -1.51. The van der Waals surface area contributed by atoms with Crippen molar-refractivity contribution in [1.29, 1.82) is 0 Å². The van der Waals surface area contributed by atoms with Gasteiger partial charge in [-0.25, -0.2) is 0 Å². The highest BCUT2D eigenvalue weighted by Crippen LogP contribution is 2.46. The SMILES string of the molecule is CCC(CN)=C1c2ccccc2Sc2ccccc21. The molecule has 0 saturated carbocycles. The van der Waals surface area contributed by atoms with Crippen molar-refractivity contribution in [3.8, 4) is 0 Å². The third-order valence-electron chi connectivity index (χ3n) is 3.56. The highest BCUT2D eigenvalue weighted by atomic mass is 32.2. The Morgan fingerprint density at radius 1 is 0.947 bits per heavy atom. The van der Waals surface area contributed by atoms with Crippen molar-refractivity contribution in [1.82, 2.24) is 0 Å². The third kappa shape index (κ3) is 2.11. The van der Waals surface area contributed by atoms with E-state index in [1.807, 2.05) is 11.8 Å². The van der Waals surface area contributed by atoms with Gasteiger partial charge in [0.2, 0.25) is 0 Å². The minimum atomic E-state index is 0.624. The summed E-state index contributed by atoms with van der Waals surface area (Å²) in [6.07, 6.45) is 0.999. The molecule has 2 heteroatoms. The third-order valence-corrected chi connectivity index (χ3v) is 4.71. The van der Waals surface area contributed by atoms with E-state index in [4.69, 9.17) is 5.73 Å². The molecule has 0 atom stereocenters. The van der Waals surface area contributed by atoms with Crippen molar-refractivity contribution >= 4 is 17.3 Å². The maximum Gasteiger partial charge on any atom is 0.0201 e. The summed E-state index contributed by atoms with van der Waals surface area (Å²) < 4.78 is 0. The second kappa shape index (κ2) is 5.24. The number of fused-ring (bicyclic) bond motifs is 2. The summed E-state index contributed by atoms with van der Waals surface area (Å²) in [7, 11) is 0. The van der Waals surface area contributed by atoms with Crippen molar-refractivity contribution in [2.24, 2.45) is 5.73 Å². The Morgan fingerprint density at radius 3 is 1.95 bits per heavy atom. The summed E-state index contributed by atoms with van der Waals surface area (Å²) >= 11 is 1.85. The van der Waals surface area contributed by atoms with Crippen LogP contribution in [0.25, 0.3) is 5.57 Å². The van der Waals surface area contributed by atoms with E-state index in [-0.39, 0.29) is 0 Å². The van der Waals surface area contributed by atoms with Crippen molar-refractivity contribution in [2.75, 3.05) is 6.54 Å².